The Hall–Kier alpha value is -3.61. The van der Waals surface area contributed by atoms with E-state index in [1.807, 2.05) is 42.5 Å². The molecule has 0 unspecified atom stereocenters. The standard InChI is InChI=1S/C32H39N5O5S2/c33-19-5-4-6-25(23-43-27-7-2-1-3-8-27)34-29-14-13-28(22-30(29)37(39)40)44(41,42)35-31(38)24-9-11-26(12-10-24)36-20-17-32(15-16-32)18-21-36/h1-3,7-14,22,25,34H,4-6,15-21,23,33H2,(H,35,38)/t25-/m1/s1. The first-order valence-corrected chi connectivity index (χ1v) is 17.5. The molecule has 1 spiro atoms. The topological polar surface area (TPSA) is 148 Å². The number of carbonyl (C=O) groups is 1. The molecular formula is C32H39N5O5S2. The molecular weight excluding hydrogens is 599 g/mol. The number of nitrogens with zero attached hydrogens (tertiary/aromatic N) is 2. The zero-order chi connectivity index (χ0) is 31.2. The molecule has 1 saturated heterocycles. The molecule has 12 heteroatoms. The molecule has 10 nitrogen and oxygen atoms in total. The van der Waals surface area contributed by atoms with Gasteiger partial charge in [-0.25, -0.2) is 13.1 Å². The minimum absolute atomic E-state index is 0.115. The molecule has 1 saturated carbocycles. The van der Waals surface area contributed by atoms with Crippen molar-refractivity contribution < 1.29 is 18.1 Å². The molecule has 1 aliphatic heterocycles. The van der Waals surface area contributed by atoms with E-state index in [1.54, 1.807) is 23.9 Å². The quantitative estimate of drug-likeness (QED) is 0.0864. The third kappa shape index (κ3) is 8.10. The number of rotatable bonds is 14. The number of sulfonamides is 1. The summed E-state index contributed by atoms with van der Waals surface area (Å²) in [4.78, 5) is 27.3. The largest absolute Gasteiger partial charge is 0.376 e. The second-order valence-electron chi connectivity index (χ2n) is 11.7. The molecule has 5 rings (SSSR count). The third-order valence-electron chi connectivity index (χ3n) is 8.54. The summed E-state index contributed by atoms with van der Waals surface area (Å²) >= 11 is 1.63. The van der Waals surface area contributed by atoms with Gasteiger partial charge in [-0.15, -0.1) is 11.8 Å². The molecule has 1 atom stereocenters. The predicted octanol–water partition coefficient (Wildman–Crippen LogP) is 5.80. The van der Waals surface area contributed by atoms with Gasteiger partial charge in [-0.2, -0.15) is 0 Å². The molecule has 0 radical (unpaired) electrons. The fourth-order valence-electron chi connectivity index (χ4n) is 5.60. The lowest BCUT2D eigenvalue weighted by molar-refractivity contribution is -0.384. The molecule has 0 aromatic heterocycles. The average molecular weight is 638 g/mol. The van der Waals surface area contributed by atoms with Gasteiger partial charge >= 0.3 is 0 Å². The van der Waals surface area contributed by atoms with Crippen molar-refractivity contribution in [2.75, 3.05) is 35.6 Å². The van der Waals surface area contributed by atoms with Crippen LogP contribution in [-0.4, -0.2) is 50.7 Å². The third-order valence-corrected chi connectivity index (χ3v) is 11.0. The predicted molar refractivity (Wildman–Crippen MR) is 175 cm³/mol. The highest BCUT2D eigenvalue weighted by molar-refractivity contribution is 7.99. The monoisotopic (exact) mass is 637 g/mol. The fourth-order valence-corrected chi connectivity index (χ4v) is 7.58. The van der Waals surface area contributed by atoms with Crippen LogP contribution in [-0.2, 0) is 10.0 Å². The van der Waals surface area contributed by atoms with Crippen molar-refractivity contribution in [1.29, 1.82) is 0 Å². The normalized spacial score (nSPS) is 16.3. The zero-order valence-corrected chi connectivity index (χ0v) is 26.2. The lowest BCUT2D eigenvalue weighted by atomic mass is 9.93. The summed E-state index contributed by atoms with van der Waals surface area (Å²) in [6, 6.07) is 20.3. The van der Waals surface area contributed by atoms with E-state index in [1.165, 1.54) is 37.8 Å². The van der Waals surface area contributed by atoms with Crippen LogP contribution in [0.15, 0.2) is 82.6 Å². The molecule has 2 fully saturated rings. The summed E-state index contributed by atoms with van der Waals surface area (Å²) in [7, 11) is -4.37. The van der Waals surface area contributed by atoms with Crippen LogP contribution in [0.2, 0.25) is 0 Å². The zero-order valence-electron chi connectivity index (χ0n) is 24.6. The van der Waals surface area contributed by atoms with Gasteiger partial charge in [0.2, 0.25) is 0 Å². The van der Waals surface area contributed by atoms with Crippen molar-refractivity contribution in [2.45, 2.75) is 60.8 Å². The molecule has 44 heavy (non-hydrogen) atoms. The van der Waals surface area contributed by atoms with Gasteiger partial charge in [0.1, 0.15) is 5.69 Å². The van der Waals surface area contributed by atoms with Crippen molar-refractivity contribution in [2.24, 2.45) is 11.1 Å². The lowest BCUT2D eigenvalue weighted by Gasteiger charge is -2.33. The molecule has 3 aromatic rings. The SMILES string of the molecule is NCCCC[C@H](CSc1ccccc1)Nc1ccc(S(=O)(=O)NC(=O)c2ccc(N3CCC4(CC3)CC4)cc2)cc1[N+](=O)[O-]. The molecule has 1 heterocycles. The fraction of sp³-hybridized carbons (Fsp3) is 0.406. The van der Waals surface area contributed by atoms with Crippen LogP contribution < -0.4 is 20.7 Å². The molecule has 0 bridgehead atoms. The minimum Gasteiger partial charge on any atom is -0.376 e. The van der Waals surface area contributed by atoms with Crippen LogP contribution in [0.3, 0.4) is 0 Å². The Kier molecular flexibility index (Phi) is 10.1. The molecule has 3 aromatic carbocycles. The van der Waals surface area contributed by atoms with Gasteiger partial charge in [0.05, 0.1) is 9.82 Å². The van der Waals surface area contributed by atoms with Crippen LogP contribution in [0.5, 0.6) is 0 Å². The van der Waals surface area contributed by atoms with Crippen molar-refractivity contribution in [3.05, 3.63) is 88.5 Å². The van der Waals surface area contributed by atoms with Crippen LogP contribution in [0.4, 0.5) is 17.1 Å². The van der Waals surface area contributed by atoms with E-state index in [0.29, 0.717) is 17.7 Å². The molecule has 234 valence electrons. The maximum atomic E-state index is 13.1. The Morgan fingerprint density at radius 1 is 1.00 bits per heavy atom. The summed E-state index contributed by atoms with van der Waals surface area (Å²) in [5.74, 6) is -0.144. The number of nitrogens with two attached hydrogens (primary N) is 1. The second-order valence-corrected chi connectivity index (χ2v) is 14.4. The van der Waals surface area contributed by atoms with Gasteiger partial charge in [0, 0.05) is 47.1 Å². The summed E-state index contributed by atoms with van der Waals surface area (Å²) in [5, 5.41) is 15.3. The van der Waals surface area contributed by atoms with E-state index < -0.39 is 20.9 Å². The van der Waals surface area contributed by atoms with Crippen molar-refractivity contribution >= 4 is 44.8 Å². The number of carbonyl (C=O) groups excluding carboxylic acids is 1. The summed E-state index contributed by atoms with van der Waals surface area (Å²) in [5.41, 5.74) is 7.25. The van der Waals surface area contributed by atoms with E-state index in [0.717, 1.165) is 49.0 Å². The molecule has 1 aliphatic carbocycles. The number of nitro benzene ring substituents is 1. The van der Waals surface area contributed by atoms with Crippen LogP contribution in [0.1, 0.15) is 55.3 Å². The van der Waals surface area contributed by atoms with E-state index in [9.17, 15) is 23.3 Å². The first-order valence-electron chi connectivity index (χ1n) is 15.0. The van der Waals surface area contributed by atoms with E-state index in [2.05, 4.69) is 14.9 Å². The Bertz CT molecular complexity index is 1550. The summed E-state index contributed by atoms with van der Waals surface area (Å²) in [6.45, 7) is 2.51. The lowest BCUT2D eigenvalue weighted by Crippen LogP contribution is -2.34. The highest BCUT2D eigenvalue weighted by atomic mass is 32.2. The minimum atomic E-state index is -4.37. The van der Waals surface area contributed by atoms with Crippen molar-refractivity contribution in [1.82, 2.24) is 4.72 Å². The van der Waals surface area contributed by atoms with Gasteiger partial charge in [-0.3, -0.25) is 14.9 Å². The van der Waals surface area contributed by atoms with Crippen LogP contribution >= 0.6 is 11.8 Å². The maximum absolute atomic E-state index is 13.1. The van der Waals surface area contributed by atoms with Gasteiger partial charge in [0.25, 0.3) is 21.6 Å². The molecule has 4 N–H and O–H groups in total. The maximum Gasteiger partial charge on any atom is 0.293 e. The molecule has 2 aliphatic rings. The number of benzene rings is 3. The highest BCUT2D eigenvalue weighted by Crippen LogP contribution is 2.53. The summed E-state index contributed by atoms with van der Waals surface area (Å²) < 4.78 is 28.3. The van der Waals surface area contributed by atoms with E-state index in [4.69, 9.17) is 5.73 Å². The second kappa shape index (κ2) is 14.0. The Balaban J connectivity index is 1.25. The number of unbranched alkanes of at least 4 members (excludes halogenated alkanes) is 1. The van der Waals surface area contributed by atoms with Gasteiger partial charge < -0.3 is 16.0 Å². The van der Waals surface area contributed by atoms with Crippen LogP contribution in [0, 0.1) is 15.5 Å². The van der Waals surface area contributed by atoms with Gasteiger partial charge in [-0.05, 0) is 99.0 Å². The number of hydrogen-bond donors (Lipinski definition) is 3. The van der Waals surface area contributed by atoms with Crippen molar-refractivity contribution in [3.8, 4) is 0 Å². The molecule has 1 amide bonds. The first-order chi connectivity index (χ1) is 21.2. The number of piperidine rings is 1. The van der Waals surface area contributed by atoms with E-state index in [-0.39, 0.29) is 27.9 Å². The number of nitrogens with one attached hydrogen (secondary N) is 2. The average Bonchev–Trinajstić information content (AvgIpc) is 3.79. The number of amides is 1. The van der Waals surface area contributed by atoms with Crippen molar-refractivity contribution in [3.63, 3.8) is 0 Å². The highest BCUT2D eigenvalue weighted by Gasteiger charge is 2.44. The number of thioether (sulfide) groups is 1. The summed E-state index contributed by atoms with van der Waals surface area (Å²) in [6.07, 6.45) is 7.40. The Morgan fingerprint density at radius 2 is 1.70 bits per heavy atom. The first kappa shape index (κ1) is 31.8. The van der Waals surface area contributed by atoms with Gasteiger partial charge in [-0.1, -0.05) is 24.6 Å². The smallest absolute Gasteiger partial charge is 0.293 e. The Morgan fingerprint density at radius 3 is 2.34 bits per heavy atom. The number of nitro groups is 1. The number of hydrogen-bond acceptors (Lipinski definition) is 9. The van der Waals surface area contributed by atoms with Crippen LogP contribution in [0.25, 0.3) is 0 Å². The Labute approximate surface area is 263 Å². The van der Waals surface area contributed by atoms with E-state index >= 15 is 0 Å². The van der Waals surface area contributed by atoms with Gasteiger partial charge in [0.15, 0.2) is 0 Å². The number of anilines is 2.